The van der Waals surface area contributed by atoms with Crippen LogP contribution in [0.3, 0.4) is 0 Å². The van der Waals surface area contributed by atoms with Gasteiger partial charge in [0.1, 0.15) is 5.82 Å². The molecule has 6 nitrogen and oxygen atoms in total. The van der Waals surface area contributed by atoms with Gasteiger partial charge >= 0.3 is 0 Å². The van der Waals surface area contributed by atoms with Crippen molar-refractivity contribution in [3.8, 4) is 0 Å². The van der Waals surface area contributed by atoms with Gasteiger partial charge < -0.3 is 10.2 Å². The molecule has 1 N–H and O–H groups in total. The van der Waals surface area contributed by atoms with Gasteiger partial charge in [0.25, 0.3) is 0 Å². The molecule has 1 unspecified atom stereocenters. The van der Waals surface area contributed by atoms with Gasteiger partial charge in [0.15, 0.2) is 9.84 Å². The van der Waals surface area contributed by atoms with Crippen LogP contribution in [-0.2, 0) is 21.1 Å². The lowest BCUT2D eigenvalue weighted by atomic mass is 10.1. The Balaban J connectivity index is 1.54. The molecule has 0 spiro atoms. The van der Waals surface area contributed by atoms with Crippen molar-refractivity contribution in [1.82, 2.24) is 10.3 Å². The standard InChI is InChI=1S/C20H25N3O3S/c1-15(2)27(25,26)18-8-6-16(7-9-18)13-20(24)22-17-10-12-23(14-17)19-5-3-4-11-21-19/h3-9,11,15,17H,10,12-14H2,1-2H3,(H,22,24). The molecule has 1 aromatic carbocycles. The number of hydrogen-bond acceptors (Lipinski definition) is 5. The summed E-state index contributed by atoms with van der Waals surface area (Å²) in [5, 5.41) is 2.60. The van der Waals surface area contributed by atoms with Crippen molar-refractivity contribution in [2.45, 2.75) is 42.9 Å². The first-order chi connectivity index (χ1) is 12.9. The van der Waals surface area contributed by atoms with Crippen molar-refractivity contribution >= 4 is 21.6 Å². The zero-order valence-electron chi connectivity index (χ0n) is 15.6. The average Bonchev–Trinajstić information content (AvgIpc) is 3.11. The molecule has 1 amide bonds. The fourth-order valence-electron chi connectivity index (χ4n) is 3.16. The lowest BCUT2D eigenvalue weighted by molar-refractivity contribution is -0.121. The number of amides is 1. The molecular weight excluding hydrogens is 362 g/mol. The van der Waals surface area contributed by atoms with E-state index in [-0.39, 0.29) is 18.4 Å². The maximum atomic E-state index is 12.3. The lowest BCUT2D eigenvalue weighted by Crippen LogP contribution is -2.38. The van der Waals surface area contributed by atoms with E-state index in [0.717, 1.165) is 30.9 Å². The second-order valence-corrected chi connectivity index (χ2v) is 9.61. The predicted molar refractivity (Wildman–Crippen MR) is 105 cm³/mol. The van der Waals surface area contributed by atoms with Gasteiger partial charge in [-0.25, -0.2) is 13.4 Å². The van der Waals surface area contributed by atoms with Crippen LogP contribution in [0.15, 0.2) is 53.6 Å². The van der Waals surface area contributed by atoms with Crippen molar-refractivity contribution < 1.29 is 13.2 Å². The molecule has 1 aliphatic heterocycles. The molecule has 1 saturated heterocycles. The van der Waals surface area contributed by atoms with Crippen LogP contribution in [0.25, 0.3) is 0 Å². The van der Waals surface area contributed by atoms with Crippen molar-refractivity contribution in [2.75, 3.05) is 18.0 Å². The van der Waals surface area contributed by atoms with E-state index in [1.54, 1.807) is 44.3 Å². The molecule has 0 saturated carbocycles. The number of aromatic nitrogens is 1. The van der Waals surface area contributed by atoms with E-state index < -0.39 is 15.1 Å². The largest absolute Gasteiger partial charge is 0.354 e. The van der Waals surface area contributed by atoms with E-state index in [4.69, 9.17) is 0 Å². The van der Waals surface area contributed by atoms with Crippen LogP contribution in [0.1, 0.15) is 25.8 Å². The number of nitrogens with one attached hydrogen (secondary N) is 1. The van der Waals surface area contributed by atoms with Crippen LogP contribution in [0.4, 0.5) is 5.82 Å². The number of hydrogen-bond donors (Lipinski definition) is 1. The van der Waals surface area contributed by atoms with Crippen molar-refractivity contribution in [3.63, 3.8) is 0 Å². The van der Waals surface area contributed by atoms with Gasteiger partial charge in [-0.15, -0.1) is 0 Å². The van der Waals surface area contributed by atoms with E-state index in [2.05, 4.69) is 15.2 Å². The molecular formula is C20H25N3O3S. The van der Waals surface area contributed by atoms with Gasteiger partial charge in [-0.05, 0) is 50.1 Å². The van der Waals surface area contributed by atoms with E-state index in [9.17, 15) is 13.2 Å². The van der Waals surface area contributed by atoms with E-state index in [1.165, 1.54) is 0 Å². The molecule has 3 rings (SSSR count). The molecule has 0 aliphatic carbocycles. The van der Waals surface area contributed by atoms with Crippen LogP contribution in [-0.4, -0.2) is 43.7 Å². The summed E-state index contributed by atoms with van der Waals surface area (Å²) < 4.78 is 24.3. The van der Waals surface area contributed by atoms with E-state index >= 15 is 0 Å². The molecule has 1 aromatic heterocycles. The van der Waals surface area contributed by atoms with Gasteiger partial charge in [0.05, 0.1) is 16.6 Å². The molecule has 1 atom stereocenters. The summed E-state index contributed by atoms with van der Waals surface area (Å²) in [5.41, 5.74) is 0.801. The normalized spacial score (nSPS) is 17.3. The van der Waals surface area contributed by atoms with Gasteiger partial charge in [-0.2, -0.15) is 0 Å². The van der Waals surface area contributed by atoms with Crippen molar-refractivity contribution in [2.24, 2.45) is 0 Å². The van der Waals surface area contributed by atoms with Crippen molar-refractivity contribution in [1.29, 1.82) is 0 Å². The second kappa shape index (κ2) is 8.08. The molecule has 27 heavy (non-hydrogen) atoms. The number of anilines is 1. The third kappa shape index (κ3) is 4.66. The Kier molecular flexibility index (Phi) is 5.79. The average molecular weight is 388 g/mol. The highest BCUT2D eigenvalue weighted by molar-refractivity contribution is 7.92. The van der Waals surface area contributed by atoms with Crippen molar-refractivity contribution in [3.05, 3.63) is 54.2 Å². The molecule has 144 valence electrons. The maximum absolute atomic E-state index is 12.3. The Morgan fingerprint density at radius 1 is 1.22 bits per heavy atom. The summed E-state index contributed by atoms with van der Waals surface area (Å²) in [6.07, 6.45) is 2.89. The quantitative estimate of drug-likeness (QED) is 0.822. The SMILES string of the molecule is CC(C)S(=O)(=O)c1ccc(CC(=O)NC2CCN(c3ccccn3)C2)cc1. The smallest absolute Gasteiger partial charge is 0.224 e. The minimum Gasteiger partial charge on any atom is -0.354 e. The Morgan fingerprint density at radius 3 is 2.59 bits per heavy atom. The zero-order chi connectivity index (χ0) is 19.4. The van der Waals surface area contributed by atoms with Crippen LogP contribution in [0, 0.1) is 0 Å². The minimum absolute atomic E-state index is 0.0534. The third-order valence-corrected chi connectivity index (χ3v) is 6.93. The van der Waals surface area contributed by atoms with Crippen LogP contribution in [0.2, 0.25) is 0 Å². The molecule has 2 aromatic rings. The second-order valence-electron chi connectivity index (χ2n) is 7.10. The van der Waals surface area contributed by atoms with Crippen LogP contribution in [0.5, 0.6) is 0 Å². The first-order valence-electron chi connectivity index (χ1n) is 9.14. The predicted octanol–water partition coefficient (Wildman–Crippen LogP) is 2.20. The highest BCUT2D eigenvalue weighted by atomic mass is 32.2. The number of nitrogens with zero attached hydrogens (tertiary/aromatic N) is 2. The van der Waals surface area contributed by atoms with E-state index in [1.807, 2.05) is 18.2 Å². The Labute approximate surface area is 160 Å². The van der Waals surface area contributed by atoms with Gasteiger partial charge in [-0.3, -0.25) is 4.79 Å². The topological polar surface area (TPSA) is 79.4 Å². The molecule has 7 heteroatoms. The number of carbonyl (C=O) groups is 1. The molecule has 0 bridgehead atoms. The van der Waals surface area contributed by atoms with Crippen LogP contribution >= 0.6 is 0 Å². The number of benzene rings is 1. The summed E-state index contributed by atoms with van der Waals surface area (Å²) in [5.74, 6) is 0.874. The maximum Gasteiger partial charge on any atom is 0.224 e. The highest BCUT2D eigenvalue weighted by Gasteiger charge is 2.25. The first kappa shape index (κ1) is 19.4. The Morgan fingerprint density at radius 2 is 1.96 bits per heavy atom. The Hall–Kier alpha value is -2.41. The highest BCUT2D eigenvalue weighted by Crippen LogP contribution is 2.18. The first-order valence-corrected chi connectivity index (χ1v) is 10.7. The molecule has 1 fully saturated rings. The van der Waals surface area contributed by atoms with Gasteiger partial charge in [-0.1, -0.05) is 18.2 Å². The minimum atomic E-state index is -3.29. The zero-order valence-corrected chi connectivity index (χ0v) is 16.4. The molecule has 0 radical (unpaired) electrons. The summed E-state index contributed by atoms with van der Waals surface area (Å²) in [6, 6.07) is 12.5. The van der Waals surface area contributed by atoms with E-state index in [0.29, 0.717) is 4.90 Å². The molecule has 2 heterocycles. The fraction of sp³-hybridized carbons (Fsp3) is 0.400. The third-order valence-electron chi connectivity index (χ3n) is 4.76. The number of sulfone groups is 1. The van der Waals surface area contributed by atoms with Crippen LogP contribution < -0.4 is 10.2 Å². The fourth-order valence-corrected chi connectivity index (χ4v) is 4.22. The summed E-state index contributed by atoms with van der Waals surface area (Å²) in [4.78, 5) is 19.1. The monoisotopic (exact) mass is 387 g/mol. The van der Waals surface area contributed by atoms with Gasteiger partial charge in [0, 0.05) is 25.3 Å². The number of carbonyl (C=O) groups excluding carboxylic acids is 1. The number of rotatable bonds is 6. The summed E-state index contributed by atoms with van der Waals surface area (Å²) in [6.45, 7) is 4.93. The summed E-state index contributed by atoms with van der Waals surface area (Å²) >= 11 is 0. The number of pyridine rings is 1. The lowest BCUT2D eigenvalue weighted by Gasteiger charge is -2.17. The Bertz CT molecular complexity index is 880. The summed E-state index contributed by atoms with van der Waals surface area (Å²) in [7, 11) is -3.29. The van der Waals surface area contributed by atoms with Gasteiger partial charge in [0.2, 0.25) is 5.91 Å². The molecule has 1 aliphatic rings.